The van der Waals surface area contributed by atoms with Gasteiger partial charge in [-0.3, -0.25) is 4.98 Å². The Balaban J connectivity index is 1.89. The van der Waals surface area contributed by atoms with Crippen molar-refractivity contribution in [1.82, 2.24) is 24.8 Å². The summed E-state index contributed by atoms with van der Waals surface area (Å²) in [5.74, 6) is 0.319. The van der Waals surface area contributed by atoms with Crippen LogP contribution >= 0.6 is 11.3 Å². The topological polar surface area (TPSA) is 56.0 Å². The van der Waals surface area contributed by atoms with Gasteiger partial charge >= 0.3 is 0 Å². The Morgan fingerprint density at radius 2 is 1.81 bits per heavy atom. The van der Waals surface area contributed by atoms with Gasteiger partial charge in [0.15, 0.2) is 10.8 Å². The standard InChI is InChI=1S/C14H8FN5S/c15-11-4-2-1-3-10(11)13-19-20-12(17-18-14(20)21-13)9-5-7-16-8-6-9/h1-8H. The predicted molar refractivity (Wildman–Crippen MR) is 77.3 cm³/mol. The minimum Gasteiger partial charge on any atom is -0.265 e. The Bertz CT molecular complexity index is 915. The van der Waals surface area contributed by atoms with Crippen molar-refractivity contribution < 1.29 is 4.39 Å². The van der Waals surface area contributed by atoms with Gasteiger partial charge in [-0.05, 0) is 24.3 Å². The maximum absolute atomic E-state index is 13.8. The van der Waals surface area contributed by atoms with Gasteiger partial charge in [0, 0.05) is 23.5 Å². The fourth-order valence-electron chi connectivity index (χ4n) is 2.04. The van der Waals surface area contributed by atoms with Crippen molar-refractivity contribution in [2.45, 2.75) is 0 Å². The third-order valence-electron chi connectivity index (χ3n) is 3.03. The summed E-state index contributed by atoms with van der Waals surface area (Å²) in [7, 11) is 0. The highest BCUT2D eigenvalue weighted by molar-refractivity contribution is 7.19. The Labute approximate surface area is 122 Å². The van der Waals surface area contributed by atoms with E-state index < -0.39 is 0 Å². The Kier molecular flexibility index (Phi) is 2.71. The van der Waals surface area contributed by atoms with Crippen molar-refractivity contribution in [3.63, 3.8) is 0 Å². The van der Waals surface area contributed by atoms with Gasteiger partial charge in [-0.2, -0.15) is 9.61 Å². The largest absolute Gasteiger partial charge is 0.265 e. The summed E-state index contributed by atoms with van der Waals surface area (Å²) >= 11 is 1.30. The Morgan fingerprint density at radius 1 is 1.00 bits per heavy atom. The number of pyridine rings is 1. The third-order valence-corrected chi connectivity index (χ3v) is 3.97. The number of aromatic nitrogens is 5. The van der Waals surface area contributed by atoms with Crippen LogP contribution in [0.4, 0.5) is 4.39 Å². The van der Waals surface area contributed by atoms with Crippen LogP contribution in [0.3, 0.4) is 0 Å². The summed E-state index contributed by atoms with van der Waals surface area (Å²) in [4.78, 5) is 4.60. The molecule has 7 heteroatoms. The van der Waals surface area contributed by atoms with Gasteiger partial charge in [-0.25, -0.2) is 4.39 Å². The summed E-state index contributed by atoms with van der Waals surface area (Å²) in [5, 5.41) is 13.2. The van der Waals surface area contributed by atoms with Crippen LogP contribution in [-0.2, 0) is 0 Å². The summed E-state index contributed by atoms with van der Waals surface area (Å²) in [6.45, 7) is 0. The molecule has 0 aliphatic carbocycles. The van der Waals surface area contributed by atoms with Crippen LogP contribution in [-0.4, -0.2) is 24.8 Å². The first kappa shape index (κ1) is 12.1. The summed E-state index contributed by atoms with van der Waals surface area (Å²) in [6, 6.07) is 10.2. The van der Waals surface area contributed by atoms with Gasteiger partial charge in [0.1, 0.15) is 5.82 Å². The van der Waals surface area contributed by atoms with Crippen molar-refractivity contribution in [1.29, 1.82) is 0 Å². The molecule has 1 aromatic carbocycles. The van der Waals surface area contributed by atoms with E-state index >= 15 is 0 Å². The Morgan fingerprint density at radius 3 is 2.62 bits per heavy atom. The predicted octanol–water partition coefficient (Wildman–Crippen LogP) is 3.05. The highest BCUT2D eigenvalue weighted by Crippen LogP contribution is 2.29. The van der Waals surface area contributed by atoms with Crippen LogP contribution in [0.15, 0.2) is 48.8 Å². The lowest BCUT2D eigenvalue weighted by molar-refractivity contribution is 0.631. The maximum atomic E-state index is 13.8. The normalized spacial score (nSPS) is 11.1. The zero-order valence-electron chi connectivity index (χ0n) is 10.6. The zero-order valence-corrected chi connectivity index (χ0v) is 11.5. The minimum atomic E-state index is -0.298. The number of nitrogens with zero attached hydrogens (tertiary/aromatic N) is 5. The van der Waals surface area contributed by atoms with Crippen molar-refractivity contribution >= 4 is 16.3 Å². The molecule has 3 aromatic heterocycles. The maximum Gasteiger partial charge on any atom is 0.235 e. The molecule has 102 valence electrons. The lowest BCUT2D eigenvalue weighted by atomic mass is 10.2. The molecule has 0 aliphatic heterocycles. The second-order valence-electron chi connectivity index (χ2n) is 4.34. The molecule has 0 saturated carbocycles. The average molecular weight is 297 g/mol. The quantitative estimate of drug-likeness (QED) is 0.570. The molecular formula is C14H8FN5S. The van der Waals surface area contributed by atoms with Crippen molar-refractivity contribution in [2.75, 3.05) is 0 Å². The lowest BCUT2D eigenvalue weighted by Gasteiger charge is -1.97. The summed E-state index contributed by atoms with van der Waals surface area (Å²) in [6.07, 6.45) is 3.36. The van der Waals surface area contributed by atoms with E-state index in [1.807, 2.05) is 12.1 Å². The van der Waals surface area contributed by atoms with E-state index in [4.69, 9.17) is 0 Å². The molecular weight excluding hydrogens is 289 g/mol. The summed E-state index contributed by atoms with van der Waals surface area (Å²) < 4.78 is 15.5. The number of halogens is 1. The van der Waals surface area contributed by atoms with Crippen LogP contribution < -0.4 is 0 Å². The van der Waals surface area contributed by atoms with Crippen LogP contribution in [0.2, 0.25) is 0 Å². The van der Waals surface area contributed by atoms with Crippen LogP contribution in [0.25, 0.3) is 26.9 Å². The number of benzene rings is 1. The van der Waals surface area contributed by atoms with E-state index in [0.29, 0.717) is 21.4 Å². The molecule has 0 amide bonds. The molecule has 5 nitrogen and oxygen atoms in total. The number of fused-ring (bicyclic) bond motifs is 1. The zero-order chi connectivity index (χ0) is 14.2. The second kappa shape index (κ2) is 4.71. The molecule has 0 saturated heterocycles. The molecule has 21 heavy (non-hydrogen) atoms. The van der Waals surface area contributed by atoms with Crippen molar-refractivity contribution in [2.24, 2.45) is 0 Å². The second-order valence-corrected chi connectivity index (χ2v) is 5.30. The SMILES string of the molecule is Fc1ccccc1-c1nn2c(-c3ccncc3)nnc2s1. The van der Waals surface area contributed by atoms with Gasteiger partial charge in [0.25, 0.3) is 0 Å². The van der Waals surface area contributed by atoms with E-state index in [1.165, 1.54) is 17.4 Å². The van der Waals surface area contributed by atoms with Crippen LogP contribution in [0.1, 0.15) is 0 Å². The van der Waals surface area contributed by atoms with Gasteiger partial charge in [0.2, 0.25) is 4.96 Å². The molecule has 0 atom stereocenters. The first-order chi connectivity index (χ1) is 10.3. The van der Waals surface area contributed by atoms with Crippen molar-refractivity contribution in [3.05, 3.63) is 54.6 Å². The fourth-order valence-corrected chi connectivity index (χ4v) is 2.91. The van der Waals surface area contributed by atoms with Crippen molar-refractivity contribution in [3.8, 4) is 22.0 Å². The van der Waals surface area contributed by atoms with Gasteiger partial charge in [-0.1, -0.05) is 23.5 Å². The number of rotatable bonds is 2. The number of hydrogen-bond donors (Lipinski definition) is 0. The molecule has 0 bridgehead atoms. The highest BCUT2D eigenvalue weighted by atomic mass is 32.1. The van der Waals surface area contributed by atoms with E-state index in [1.54, 1.807) is 35.1 Å². The summed E-state index contributed by atoms with van der Waals surface area (Å²) in [5.41, 5.74) is 1.33. The molecule has 0 radical (unpaired) electrons. The minimum absolute atomic E-state index is 0.298. The molecule has 0 unspecified atom stereocenters. The molecule has 0 fully saturated rings. The molecule has 4 aromatic rings. The first-order valence-electron chi connectivity index (χ1n) is 6.20. The van der Waals surface area contributed by atoms with E-state index in [2.05, 4.69) is 20.3 Å². The Hall–Kier alpha value is -2.67. The number of hydrogen-bond acceptors (Lipinski definition) is 5. The van der Waals surface area contributed by atoms with E-state index in [0.717, 1.165) is 5.56 Å². The lowest BCUT2D eigenvalue weighted by Crippen LogP contribution is -1.91. The average Bonchev–Trinajstić information content (AvgIpc) is 3.08. The first-order valence-corrected chi connectivity index (χ1v) is 7.02. The molecule has 0 spiro atoms. The fraction of sp³-hybridized carbons (Fsp3) is 0. The molecule has 3 heterocycles. The van der Waals surface area contributed by atoms with Gasteiger partial charge in [-0.15, -0.1) is 10.2 Å². The van der Waals surface area contributed by atoms with Gasteiger partial charge in [0.05, 0.1) is 0 Å². The third kappa shape index (κ3) is 1.98. The smallest absolute Gasteiger partial charge is 0.235 e. The van der Waals surface area contributed by atoms with E-state index in [-0.39, 0.29) is 5.82 Å². The van der Waals surface area contributed by atoms with Gasteiger partial charge < -0.3 is 0 Å². The molecule has 0 N–H and O–H groups in total. The van der Waals surface area contributed by atoms with Crippen LogP contribution in [0, 0.1) is 5.82 Å². The monoisotopic (exact) mass is 297 g/mol. The molecule has 4 rings (SSSR count). The molecule has 0 aliphatic rings. The van der Waals surface area contributed by atoms with E-state index in [9.17, 15) is 4.39 Å². The highest BCUT2D eigenvalue weighted by Gasteiger charge is 2.15. The van der Waals surface area contributed by atoms with Crippen LogP contribution in [0.5, 0.6) is 0 Å².